The van der Waals surface area contributed by atoms with Crippen molar-refractivity contribution < 1.29 is 22.7 Å². The van der Waals surface area contributed by atoms with Gasteiger partial charge in [-0.05, 0) is 78.2 Å². The van der Waals surface area contributed by atoms with Crippen LogP contribution in [0.25, 0.3) is 0 Å². The zero-order valence-corrected chi connectivity index (χ0v) is 28.2. The molecule has 0 aromatic heterocycles. The summed E-state index contributed by atoms with van der Waals surface area (Å²) in [5.74, 6) is -0.363. The fourth-order valence-electron chi connectivity index (χ4n) is 4.89. The van der Waals surface area contributed by atoms with Gasteiger partial charge in [-0.25, -0.2) is 8.42 Å². The fourth-order valence-corrected chi connectivity index (χ4v) is 7.02. The highest BCUT2D eigenvalue weighted by Crippen LogP contribution is 2.31. The molecule has 0 fully saturated rings. The van der Waals surface area contributed by atoms with Crippen LogP contribution in [0, 0.1) is 6.92 Å². The molecule has 0 bridgehead atoms. The lowest BCUT2D eigenvalue weighted by Crippen LogP contribution is -2.54. The van der Waals surface area contributed by atoms with Crippen molar-refractivity contribution in [2.45, 2.75) is 50.7 Å². The number of ether oxygens (including phenoxy) is 1. The number of aryl methyl sites for hydroxylation is 1. The van der Waals surface area contributed by atoms with E-state index in [1.54, 1.807) is 30.3 Å². The number of benzene rings is 4. The first-order chi connectivity index (χ1) is 21.5. The van der Waals surface area contributed by atoms with Gasteiger partial charge in [0.1, 0.15) is 18.3 Å². The van der Waals surface area contributed by atoms with Crippen LogP contribution in [0.15, 0.2) is 112 Å². The monoisotopic (exact) mass is 691 g/mol. The van der Waals surface area contributed by atoms with E-state index in [-0.39, 0.29) is 29.8 Å². The second-order valence-corrected chi connectivity index (χ2v) is 13.7. The Morgan fingerprint density at radius 1 is 0.867 bits per heavy atom. The number of halogens is 1. The maximum Gasteiger partial charge on any atom is 0.264 e. The van der Waals surface area contributed by atoms with Gasteiger partial charge in [-0.3, -0.25) is 13.9 Å². The van der Waals surface area contributed by atoms with Crippen molar-refractivity contribution >= 4 is 43.5 Å². The quantitative estimate of drug-likeness (QED) is 0.182. The van der Waals surface area contributed by atoms with Crippen molar-refractivity contribution in [1.29, 1.82) is 0 Å². The van der Waals surface area contributed by atoms with E-state index in [1.165, 1.54) is 24.1 Å². The summed E-state index contributed by atoms with van der Waals surface area (Å²) in [6.45, 7) is 5.21. The number of rotatable bonds is 13. The highest BCUT2D eigenvalue weighted by molar-refractivity contribution is 9.10. The van der Waals surface area contributed by atoms with Crippen LogP contribution < -0.4 is 14.4 Å². The lowest BCUT2D eigenvalue weighted by molar-refractivity contribution is -0.140. The van der Waals surface area contributed by atoms with E-state index >= 15 is 0 Å². The van der Waals surface area contributed by atoms with Crippen molar-refractivity contribution in [3.63, 3.8) is 0 Å². The average Bonchev–Trinajstić information content (AvgIpc) is 3.02. The summed E-state index contributed by atoms with van der Waals surface area (Å²) in [7, 11) is -2.75. The number of anilines is 1. The molecule has 4 aromatic carbocycles. The van der Waals surface area contributed by atoms with Crippen molar-refractivity contribution in [3.8, 4) is 5.75 Å². The smallest absolute Gasteiger partial charge is 0.264 e. The van der Waals surface area contributed by atoms with Crippen LogP contribution in [0.4, 0.5) is 5.69 Å². The molecule has 0 radical (unpaired) electrons. The SMILES string of the molecule is COc1ccc(S(=O)(=O)N(CC(=O)N(Cc2ccccc2)[C@@H](Cc2ccccc2)C(=O)NC(C)C)c2ccc(C)cc2)cc1Br. The van der Waals surface area contributed by atoms with Gasteiger partial charge in [0.2, 0.25) is 11.8 Å². The molecule has 0 unspecified atom stereocenters. The lowest BCUT2D eigenvalue weighted by Gasteiger charge is -2.34. The first kappa shape index (κ1) is 33.7. The van der Waals surface area contributed by atoms with Crippen LogP contribution in [0.1, 0.15) is 30.5 Å². The molecular weight excluding hydrogens is 654 g/mol. The number of carbonyl (C=O) groups is 2. The number of carbonyl (C=O) groups excluding carboxylic acids is 2. The molecule has 0 aliphatic carbocycles. The number of hydrogen-bond donors (Lipinski definition) is 1. The third kappa shape index (κ3) is 8.73. The molecule has 4 rings (SSSR count). The van der Waals surface area contributed by atoms with Gasteiger partial charge in [-0.15, -0.1) is 0 Å². The normalized spacial score (nSPS) is 12.0. The summed E-state index contributed by atoms with van der Waals surface area (Å²) >= 11 is 3.38. The minimum absolute atomic E-state index is 0.0171. The summed E-state index contributed by atoms with van der Waals surface area (Å²) in [6.07, 6.45) is 0.251. The number of amides is 2. The Labute approximate surface area is 274 Å². The van der Waals surface area contributed by atoms with Crippen LogP contribution >= 0.6 is 15.9 Å². The molecule has 0 aliphatic rings. The molecule has 8 nitrogen and oxygen atoms in total. The number of nitrogens with zero attached hydrogens (tertiary/aromatic N) is 2. The molecule has 1 N–H and O–H groups in total. The molecule has 45 heavy (non-hydrogen) atoms. The van der Waals surface area contributed by atoms with E-state index < -0.39 is 28.5 Å². The average molecular weight is 693 g/mol. The first-order valence-electron chi connectivity index (χ1n) is 14.6. The molecular formula is C35H38BrN3O5S. The van der Waals surface area contributed by atoms with E-state index in [9.17, 15) is 18.0 Å². The molecule has 4 aromatic rings. The number of methoxy groups -OCH3 is 1. The Hall–Kier alpha value is -4.15. The third-order valence-electron chi connectivity index (χ3n) is 7.21. The predicted molar refractivity (Wildman–Crippen MR) is 181 cm³/mol. The van der Waals surface area contributed by atoms with Gasteiger partial charge in [0, 0.05) is 19.0 Å². The van der Waals surface area contributed by atoms with Gasteiger partial charge in [0.15, 0.2) is 0 Å². The van der Waals surface area contributed by atoms with Gasteiger partial charge in [-0.1, -0.05) is 78.4 Å². The second-order valence-electron chi connectivity index (χ2n) is 11.0. The Morgan fingerprint density at radius 3 is 2.02 bits per heavy atom. The molecule has 0 saturated heterocycles. The largest absolute Gasteiger partial charge is 0.496 e. The van der Waals surface area contributed by atoms with E-state index in [1.807, 2.05) is 81.4 Å². The topological polar surface area (TPSA) is 96.0 Å². The van der Waals surface area contributed by atoms with E-state index in [0.29, 0.717) is 15.9 Å². The molecule has 0 saturated carbocycles. The number of nitrogens with one attached hydrogen (secondary N) is 1. The van der Waals surface area contributed by atoms with Gasteiger partial charge in [0.25, 0.3) is 10.0 Å². The second kappa shape index (κ2) is 15.2. The predicted octanol–water partition coefficient (Wildman–Crippen LogP) is 6.13. The van der Waals surface area contributed by atoms with Crippen molar-refractivity contribution in [2.24, 2.45) is 0 Å². The number of hydrogen-bond acceptors (Lipinski definition) is 5. The summed E-state index contributed by atoms with van der Waals surface area (Å²) < 4.78 is 35.3. The third-order valence-corrected chi connectivity index (χ3v) is 9.60. The molecule has 236 valence electrons. The van der Waals surface area contributed by atoms with Crippen molar-refractivity contribution in [2.75, 3.05) is 18.0 Å². The summed E-state index contributed by atoms with van der Waals surface area (Å²) in [4.78, 5) is 29.7. The number of sulfonamides is 1. The van der Waals surface area contributed by atoms with Gasteiger partial charge in [0.05, 0.1) is 22.2 Å². The standard InChI is InChI=1S/C35H38BrN3O5S/c1-25(2)37-35(41)32(21-27-11-7-5-8-12-27)38(23-28-13-9-6-10-14-28)34(40)24-39(29-17-15-26(3)16-18-29)45(42,43)30-19-20-33(44-4)31(36)22-30/h5-20,22,25,32H,21,23-24H2,1-4H3,(H,37,41)/t32-/m0/s1. The summed E-state index contributed by atoms with van der Waals surface area (Å²) in [5.41, 5.74) is 2.95. The van der Waals surface area contributed by atoms with Gasteiger partial charge < -0.3 is 15.0 Å². The Morgan fingerprint density at radius 2 is 1.47 bits per heavy atom. The van der Waals surface area contributed by atoms with E-state index in [4.69, 9.17) is 4.74 Å². The molecule has 2 amide bonds. The van der Waals surface area contributed by atoms with Gasteiger partial charge >= 0.3 is 0 Å². The molecule has 1 atom stereocenters. The highest BCUT2D eigenvalue weighted by atomic mass is 79.9. The van der Waals surface area contributed by atoms with Crippen LogP contribution in [-0.2, 0) is 32.6 Å². The maximum atomic E-state index is 14.5. The Kier molecular flexibility index (Phi) is 11.4. The van der Waals surface area contributed by atoms with Crippen molar-refractivity contribution in [3.05, 3.63) is 124 Å². The van der Waals surface area contributed by atoms with Crippen LogP contribution in [0.3, 0.4) is 0 Å². The summed E-state index contributed by atoms with van der Waals surface area (Å²) in [6, 6.07) is 29.2. The molecule has 0 heterocycles. The Bertz CT molecular complexity index is 1700. The maximum absolute atomic E-state index is 14.5. The minimum atomic E-state index is -4.24. The van der Waals surface area contributed by atoms with E-state index in [2.05, 4.69) is 21.2 Å². The minimum Gasteiger partial charge on any atom is -0.496 e. The molecule has 0 aliphatic heterocycles. The molecule has 0 spiro atoms. The van der Waals surface area contributed by atoms with Crippen molar-refractivity contribution in [1.82, 2.24) is 10.2 Å². The van der Waals surface area contributed by atoms with Crippen LogP contribution in [-0.4, -0.2) is 50.9 Å². The van der Waals surface area contributed by atoms with E-state index in [0.717, 1.165) is 21.0 Å². The zero-order chi connectivity index (χ0) is 32.6. The molecule has 10 heteroatoms. The Balaban J connectivity index is 1.80. The summed E-state index contributed by atoms with van der Waals surface area (Å²) in [5, 5.41) is 2.97. The zero-order valence-electron chi connectivity index (χ0n) is 25.8. The lowest BCUT2D eigenvalue weighted by atomic mass is 10.0. The fraction of sp³-hybridized carbons (Fsp3) is 0.257. The highest BCUT2D eigenvalue weighted by Gasteiger charge is 2.35. The van der Waals surface area contributed by atoms with Crippen LogP contribution in [0.5, 0.6) is 5.75 Å². The van der Waals surface area contributed by atoms with Gasteiger partial charge in [-0.2, -0.15) is 0 Å². The van der Waals surface area contributed by atoms with Crippen LogP contribution in [0.2, 0.25) is 0 Å². The first-order valence-corrected chi connectivity index (χ1v) is 16.8.